The zero-order valence-corrected chi connectivity index (χ0v) is 16.3. The monoisotopic (exact) mass is 374 g/mol. The fraction of sp³-hybridized carbons (Fsp3) is 0.304. The second-order valence-corrected chi connectivity index (χ2v) is 7.23. The standard InChI is InChI=1S/C23H26N4O/c1-19-24-12-15-26(19)14-7-13-25-16-17-27(23(28)18-25)22-11-6-5-10-21(22)20-8-3-2-4-9-20/h2-6,8-12,15H,7,13-14,16-18H2,1H3. The summed E-state index contributed by atoms with van der Waals surface area (Å²) < 4.78 is 2.16. The minimum atomic E-state index is 0.174. The Kier molecular flexibility index (Phi) is 5.53. The van der Waals surface area contributed by atoms with Crippen LogP contribution in [0.1, 0.15) is 12.2 Å². The molecule has 4 rings (SSSR count). The van der Waals surface area contributed by atoms with Gasteiger partial charge >= 0.3 is 0 Å². The van der Waals surface area contributed by atoms with Crippen LogP contribution in [0.3, 0.4) is 0 Å². The minimum Gasteiger partial charge on any atom is -0.335 e. The summed E-state index contributed by atoms with van der Waals surface area (Å²) >= 11 is 0. The van der Waals surface area contributed by atoms with Gasteiger partial charge in [-0.05, 0) is 25.0 Å². The maximum absolute atomic E-state index is 12.9. The Balaban J connectivity index is 1.40. The molecule has 28 heavy (non-hydrogen) atoms. The molecule has 0 unspecified atom stereocenters. The quantitative estimate of drug-likeness (QED) is 0.662. The van der Waals surface area contributed by atoms with Crippen molar-refractivity contribution in [3.63, 3.8) is 0 Å². The first-order valence-corrected chi connectivity index (χ1v) is 9.87. The zero-order valence-electron chi connectivity index (χ0n) is 16.3. The van der Waals surface area contributed by atoms with Crippen LogP contribution in [0.4, 0.5) is 5.69 Å². The van der Waals surface area contributed by atoms with Crippen molar-refractivity contribution < 1.29 is 4.79 Å². The van der Waals surface area contributed by atoms with E-state index in [0.717, 1.165) is 55.2 Å². The molecule has 0 radical (unpaired) electrons. The van der Waals surface area contributed by atoms with E-state index in [1.807, 2.05) is 54.5 Å². The fourth-order valence-corrected chi connectivity index (χ4v) is 3.84. The number of aromatic nitrogens is 2. The Labute approximate surface area is 166 Å². The van der Waals surface area contributed by atoms with Crippen molar-refractivity contribution in [1.82, 2.24) is 14.5 Å². The molecule has 1 fully saturated rings. The Bertz CT molecular complexity index is 935. The summed E-state index contributed by atoms with van der Waals surface area (Å²) in [5, 5.41) is 0. The molecule has 0 aliphatic carbocycles. The Morgan fingerprint density at radius 2 is 1.75 bits per heavy atom. The lowest BCUT2D eigenvalue weighted by atomic mass is 10.0. The molecule has 144 valence electrons. The molecule has 0 atom stereocenters. The van der Waals surface area contributed by atoms with E-state index >= 15 is 0 Å². The van der Waals surface area contributed by atoms with E-state index < -0.39 is 0 Å². The molecular formula is C23H26N4O. The number of anilines is 1. The summed E-state index contributed by atoms with van der Waals surface area (Å²) in [6, 6.07) is 18.5. The molecule has 1 amide bonds. The van der Waals surface area contributed by atoms with Gasteiger partial charge in [0.2, 0.25) is 5.91 Å². The lowest BCUT2D eigenvalue weighted by molar-refractivity contribution is -0.121. The molecule has 0 N–H and O–H groups in total. The first kappa shape index (κ1) is 18.4. The summed E-state index contributed by atoms with van der Waals surface area (Å²) in [6.07, 6.45) is 4.87. The average Bonchev–Trinajstić information content (AvgIpc) is 3.14. The number of hydrogen-bond donors (Lipinski definition) is 0. The maximum atomic E-state index is 12.9. The van der Waals surface area contributed by atoms with E-state index in [1.54, 1.807) is 0 Å². The zero-order chi connectivity index (χ0) is 19.3. The molecule has 5 nitrogen and oxygen atoms in total. The molecule has 1 saturated heterocycles. The normalized spacial score (nSPS) is 15.2. The van der Waals surface area contributed by atoms with Crippen LogP contribution < -0.4 is 4.90 Å². The molecule has 5 heteroatoms. The van der Waals surface area contributed by atoms with Gasteiger partial charge in [-0.1, -0.05) is 48.5 Å². The molecule has 2 aromatic carbocycles. The molecule has 0 spiro atoms. The van der Waals surface area contributed by atoms with Gasteiger partial charge in [0.15, 0.2) is 0 Å². The highest BCUT2D eigenvalue weighted by atomic mass is 16.2. The summed E-state index contributed by atoms with van der Waals surface area (Å²) in [6.45, 7) is 6.00. The largest absolute Gasteiger partial charge is 0.335 e. The molecule has 1 aromatic heterocycles. The number of carbonyl (C=O) groups is 1. The number of imidazole rings is 1. The number of carbonyl (C=O) groups excluding carboxylic acids is 1. The Morgan fingerprint density at radius 1 is 0.964 bits per heavy atom. The second kappa shape index (κ2) is 8.40. The van der Waals surface area contributed by atoms with Gasteiger partial charge in [0.1, 0.15) is 5.82 Å². The predicted molar refractivity (Wildman–Crippen MR) is 112 cm³/mol. The number of piperazine rings is 1. The highest BCUT2D eigenvalue weighted by molar-refractivity contribution is 5.99. The smallest absolute Gasteiger partial charge is 0.241 e. The average molecular weight is 374 g/mol. The van der Waals surface area contributed by atoms with Crippen LogP contribution in [0, 0.1) is 6.92 Å². The van der Waals surface area contributed by atoms with Gasteiger partial charge in [-0.2, -0.15) is 0 Å². The van der Waals surface area contributed by atoms with E-state index in [4.69, 9.17) is 0 Å². The third kappa shape index (κ3) is 3.99. The van der Waals surface area contributed by atoms with E-state index in [-0.39, 0.29) is 5.91 Å². The summed E-state index contributed by atoms with van der Waals surface area (Å²) in [5.74, 6) is 1.21. The molecule has 1 aliphatic heterocycles. The molecular weight excluding hydrogens is 348 g/mol. The molecule has 0 saturated carbocycles. The van der Waals surface area contributed by atoms with Crippen molar-refractivity contribution in [1.29, 1.82) is 0 Å². The number of aryl methyl sites for hydroxylation is 2. The van der Waals surface area contributed by atoms with E-state index in [1.165, 1.54) is 0 Å². The van der Waals surface area contributed by atoms with Gasteiger partial charge in [-0.15, -0.1) is 0 Å². The third-order valence-corrected chi connectivity index (χ3v) is 5.38. The first-order chi connectivity index (χ1) is 13.7. The van der Waals surface area contributed by atoms with Gasteiger partial charge in [-0.3, -0.25) is 9.69 Å². The van der Waals surface area contributed by atoms with Crippen LogP contribution in [0.15, 0.2) is 67.0 Å². The maximum Gasteiger partial charge on any atom is 0.241 e. The molecule has 3 aromatic rings. The van der Waals surface area contributed by atoms with Crippen LogP contribution in [-0.4, -0.2) is 46.5 Å². The van der Waals surface area contributed by atoms with Crippen LogP contribution in [0.2, 0.25) is 0 Å². The predicted octanol–water partition coefficient (Wildman–Crippen LogP) is 3.60. The lowest BCUT2D eigenvalue weighted by Gasteiger charge is -2.35. The van der Waals surface area contributed by atoms with Crippen LogP contribution in [0.5, 0.6) is 0 Å². The second-order valence-electron chi connectivity index (χ2n) is 7.23. The summed E-state index contributed by atoms with van der Waals surface area (Å²) in [4.78, 5) is 21.4. The van der Waals surface area contributed by atoms with Gasteiger partial charge in [0, 0.05) is 44.1 Å². The number of rotatable bonds is 6. The number of nitrogens with zero attached hydrogens (tertiary/aromatic N) is 4. The van der Waals surface area contributed by atoms with Gasteiger partial charge in [-0.25, -0.2) is 4.98 Å². The van der Waals surface area contributed by atoms with E-state index in [9.17, 15) is 4.79 Å². The van der Waals surface area contributed by atoms with E-state index in [2.05, 4.69) is 38.7 Å². The highest BCUT2D eigenvalue weighted by Gasteiger charge is 2.26. The van der Waals surface area contributed by atoms with Crippen molar-refractivity contribution in [2.75, 3.05) is 31.1 Å². The van der Waals surface area contributed by atoms with Crippen LogP contribution >= 0.6 is 0 Å². The molecule has 0 bridgehead atoms. The van der Waals surface area contributed by atoms with Crippen molar-refractivity contribution in [3.8, 4) is 11.1 Å². The van der Waals surface area contributed by atoms with Gasteiger partial charge < -0.3 is 9.47 Å². The number of benzene rings is 2. The van der Waals surface area contributed by atoms with Crippen molar-refractivity contribution in [2.45, 2.75) is 19.9 Å². The third-order valence-electron chi connectivity index (χ3n) is 5.38. The number of amides is 1. The van der Waals surface area contributed by atoms with Gasteiger partial charge in [0.25, 0.3) is 0 Å². The minimum absolute atomic E-state index is 0.174. The molecule has 2 heterocycles. The number of hydrogen-bond acceptors (Lipinski definition) is 3. The topological polar surface area (TPSA) is 41.4 Å². The lowest BCUT2D eigenvalue weighted by Crippen LogP contribution is -2.50. The fourth-order valence-electron chi connectivity index (χ4n) is 3.84. The van der Waals surface area contributed by atoms with E-state index in [0.29, 0.717) is 6.54 Å². The first-order valence-electron chi connectivity index (χ1n) is 9.87. The Morgan fingerprint density at radius 3 is 2.50 bits per heavy atom. The Hall–Kier alpha value is -2.92. The van der Waals surface area contributed by atoms with Crippen molar-refractivity contribution in [2.24, 2.45) is 0 Å². The summed E-state index contributed by atoms with van der Waals surface area (Å²) in [5.41, 5.74) is 3.26. The SMILES string of the molecule is Cc1nccn1CCCN1CCN(c2ccccc2-c2ccccc2)C(=O)C1. The van der Waals surface area contributed by atoms with Crippen molar-refractivity contribution in [3.05, 3.63) is 72.8 Å². The van der Waals surface area contributed by atoms with Crippen LogP contribution in [-0.2, 0) is 11.3 Å². The van der Waals surface area contributed by atoms with Crippen molar-refractivity contribution >= 4 is 11.6 Å². The van der Waals surface area contributed by atoms with Crippen LogP contribution in [0.25, 0.3) is 11.1 Å². The number of para-hydroxylation sites is 1. The summed E-state index contributed by atoms with van der Waals surface area (Å²) in [7, 11) is 0. The highest BCUT2D eigenvalue weighted by Crippen LogP contribution is 2.31. The molecule has 1 aliphatic rings. The van der Waals surface area contributed by atoms with Gasteiger partial charge in [0.05, 0.1) is 12.2 Å².